The van der Waals surface area contributed by atoms with E-state index in [9.17, 15) is 23.0 Å². The van der Waals surface area contributed by atoms with E-state index in [1.54, 1.807) is 27.7 Å². The molecule has 1 aromatic heterocycles. The van der Waals surface area contributed by atoms with Crippen LogP contribution >= 0.6 is 0 Å². The Kier molecular flexibility index (Phi) is 6.87. The lowest BCUT2D eigenvalue weighted by Gasteiger charge is -2.37. The van der Waals surface area contributed by atoms with Crippen molar-refractivity contribution in [3.05, 3.63) is 65.6 Å². The topological polar surface area (TPSA) is 82.8 Å². The van der Waals surface area contributed by atoms with E-state index in [0.717, 1.165) is 28.6 Å². The first-order valence-corrected chi connectivity index (χ1v) is 13.5. The fourth-order valence-electron chi connectivity index (χ4n) is 5.00. The number of aryl methyl sites for hydroxylation is 1. The Hall–Kier alpha value is -2.26. The summed E-state index contributed by atoms with van der Waals surface area (Å²) in [5, 5.41) is 22.0. The van der Waals surface area contributed by atoms with Crippen LogP contribution in [-0.4, -0.2) is 51.3 Å². The second-order valence-corrected chi connectivity index (χ2v) is 12.8. The zero-order valence-electron chi connectivity index (χ0n) is 20.8. The van der Waals surface area contributed by atoms with Gasteiger partial charge in [0, 0.05) is 35.7 Å². The maximum Gasteiger partial charge on any atom is 0.243 e. The quantitative estimate of drug-likeness (QED) is 0.482. The fraction of sp³-hybridized carbons (Fsp3) is 0.481. The van der Waals surface area contributed by atoms with Crippen molar-refractivity contribution in [3.63, 3.8) is 0 Å². The Labute approximate surface area is 207 Å². The number of halogens is 1. The Balaban J connectivity index is 1.74. The summed E-state index contributed by atoms with van der Waals surface area (Å²) in [6.07, 6.45) is 2.40. The third-order valence-corrected chi connectivity index (χ3v) is 8.58. The van der Waals surface area contributed by atoms with Gasteiger partial charge in [0.15, 0.2) is 0 Å². The van der Waals surface area contributed by atoms with E-state index in [-0.39, 0.29) is 17.5 Å². The minimum Gasteiger partial charge on any atom is -0.390 e. The predicted octanol–water partition coefficient (Wildman–Crippen LogP) is 4.26. The number of sulfonamides is 1. The maximum absolute atomic E-state index is 13.7. The summed E-state index contributed by atoms with van der Waals surface area (Å²) in [6.45, 7) is 7.40. The molecule has 0 bridgehead atoms. The largest absolute Gasteiger partial charge is 0.390 e. The molecule has 1 aliphatic rings. The molecule has 1 aliphatic carbocycles. The summed E-state index contributed by atoms with van der Waals surface area (Å²) in [7, 11) is -3.96. The smallest absolute Gasteiger partial charge is 0.243 e. The number of aromatic nitrogens is 1. The molecule has 0 fully saturated rings. The average molecular weight is 503 g/mol. The Morgan fingerprint density at radius 2 is 1.69 bits per heavy atom. The number of rotatable bonds is 8. The van der Waals surface area contributed by atoms with E-state index in [4.69, 9.17) is 0 Å². The molecule has 1 atom stereocenters. The predicted molar refractivity (Wildman–Crippen MR) is 135 cm³/mol. The first-order valence-electron chi connectivity index (χ1n) is 12.1. The van der Waals surface area contributed by atoms with Crippen LogP contribution in [0, 0.1) is 5.82 Å². The van der Waals surface area contributed by atoms with Crippen molar-refractivity contribution >= 4 is 20.9 Å². The van der Waals surface area contributed by atoms with Gasteiger partial charge in [0.05, 0.1) is 16.1 Å². The Bertz CT molecular complexity index is 1300. The van der Waals surface area contributed by atoms with Crippen molar-refractivity contribution in [2.75, 3.05) is 6.54 Å². The zero-order chi connectivity index (χ0) is 25.6. The van der Waals surface area contributed by atoms with Crippen molar-refractivity contribution in [2.24, 2.45) is 0 Å². The number of aliphatic hydroxyl groups is 2. The number of nitrogens with zero attached hydrogens (tertiary/aromatic N) is 2. The second-order valence-electron chi connectivity index (χ2n) is 10.9. The maximum atomic E-state index is 13.7. The molecule has 2 aromatic carbocycles. The highest BCUT2D eigenvalue weighted by molar-refractivity contribution is 7.89. The minimum atomic E-state index is -3.96. The minimum absolute atomic E-state index is 0.0153. The number of para-hydroxylation sites is 1. The van der Waals surface area contributed by atoms with Gasteiger partial charge >= 0.3 is 0 Å². The molecule has 1 unspecified atom stereocenters. The van der Waals surface area contributed by atoms with E-state index in [0.29, 0.717) is 32.2 Å². The highest BCUT2D eigenvalue weighted by atomic mass is 32.2. The van der Waals surface area contributed by atoms with Crippen LogP contribution in [0.1, 0.15) is 51.8 Å². The van der Waals surface area contributed by atoms with Crippen molar-refractivity contribution < 1.29 is 23.0 Å². The van der Waals surface area contributed by atoms with Crippen LogP contribution in [0.4, 0.5) is 4.39 Å². The highest BCUT2D eigenvalue weighted by Gasteiger charge is 2.38. The summed E-state index contributed by atoms with van der Waals surface area (Å²) >= 11 is 0. The van der Waals surface area contributed by atoms with Gasteiger partial charge in [0.1, 0.15) is 5.82 Å². The molecule has 6 nitrogen and oxygen atoms in total. The molecule has 0 aliphatic heterocycles. The van der Waals surface area contributed by atoms with Crippen LogP contribution in [0.3, 0.4) is 0 Å². The molecule has 0 saturated heterocycles. The van der Waals surface area contributed by atoms with E-state index in [2.05, 4.69) is 16.7 Å². The van der Waals surface area contributed by atoms with Gasteiger partial charge < -0.3 is 14.8 Å². The summed E-state index contributed by atoms with van der Waals surface area (Å²) in [4.78, 5) is 0.0153. The molecule has 190 valence electrons. The number of benzene rings is 2. The van der Waals surface area contributed by atoms with Gasteiger partial charge in [0.2, 0.25) is 10.0 Å². The fourth-order valence-corrected chi connectivity index (χ4v) is 6.81. The Morgan fingerprint density at radius 1 is 1.03 bits per heavy atom. The van der Waals surface area contributed by atoms with Crippen LogP contribution in [0.2, 0.25) is 0 Å². The molecule has 3 aromatic rings. The summed E-state index contributed by atoms with van der Waals surface area (Å²) in [5.41, 5.74) is 1.34. The SMILES string of the molecule is CC(C)(O)CCn1c2c(c3ccccc31)CC(N(CC(C)(C)O)S(=O)(=O)c1ccc(F)cc1)CC2. The van der Waals surface area contributed by atoms with Gasteiger partial charge in [0.25, 0.3) is 0 Å². The molecular formula is C27H35FN2O4S. The molecule has 0 amide bonds. The zero-order valence-corrected chi connectivity index (χ0v) is 21.6. The average Bonchev–Trinajstić information content (AvgIpc) is 3.08. The van der Waals surface area contributed by atoms with E-state index >= 15 is 0 Å². The molecule has 35 heavy (non-hydrogen) atoms. The first-order chi connectivity index (χ1) is 16.3. The number of hydrogen-bond acceptors (Lipinski definition) is 4. The van der Waals surface area contributed by atoms with Gasteiger partial charge in [-0.05, 0) is 89.3 Å². The van der Waals surface area contributed by atoms with Crippen molar-refractivity contribution in [1.29, 1.82) is 0 Å². The molecular weight excluding hydrogens is 467 g/mol. The van der Waals surface area contributed by atoms with Gasteiger partial charge in [-0.25, -0.2) is 12.8 Å². The molecule has 2 N–H and O–H groups in total. The van der Waals surface area contributed by atoms with E-state index in [1.165, 1.54) is 22.1 Å². The van der Waals surface area contributed by atoms with Crippen LogP contribution in [0.5, 0.6) is 0 Å². The van der Waals surface area contributed by atoms with Crippen LogP contribution < -0.4 is 0 Å². The molecule has 0 spiro atoms. The standard InChI is InChI=1S/C27H35FN2O4S/c1-26(2,31)15-16-29-24-8-6-5-7-22(24)23-17-20(11-14-25(23)29)30(18-27(3,4)32)35(33,34)21-12-9-19(28)10-13-21/h5-10,12-13,20,31-32H,11,14-18H2,1-4H3. The molecule has 4 rings (SSSR count). The van der Waals surface area contributed by atoms with Crippen LogP contribution in [-0.2, 0) is 29.4 Å². The van der Waals surface area contributed by atoms with Crippen molar-refractivity contribution in [3.8, 4) is 0 Å². The third kappa shape index (κ3) is 5.61. The van der Waals surface area contributed by atoms with Crippen molar-refractivity contribution in [1.82, 2.24) is 8.87 Å². The van der Waals surface area contributed by atoms with Gasteiger partial charge in [-0.15, -0.1) is 0 Å². The summed E-state index contributed by atoms with van der Waals surface area (Å²) < 4.78 is 44.5. The molecule has 0 saturated carbocycles. The van der Waals surface area contributed by atoms with Crippen LogP contribution in [0.15, 0.2) is 53.4 Å². The molecule has 0 radical (unpaired) electrons. The van der Waals surface area contributed by atoms with E-state index in [1.807, 2.05) is 12.1 Å². The van der Waals surface area contributed by atoms with Gasteiger partial charge in [-0.2, -0.15) is 4.31 Å². The monoisotopic (exact) mass is 502 g/mol. The lowest BCUT2D eigenvalue weighted by Crippen LogP contribution is -2.49. The first kappa shape index (κ1) is 25.8. The molecule has 8 heteroatoms. The third-order valence-electron chi connectivity index (χ3n) is 6.67. The lowest BCUT2D eigenvalue weighted by molar-refractivity contribution is 0.0485. The number of fused-ring (bicyclic) bond motifs is 3. The van der Waals surface area contributed by atoms with Gasteiger partial charge in [-0.3, -0.25) is 0 Å². The second kappa shape index (κ2) is 9.32. The van der Waals surface area contributed by atoms with E-state index < -0.39 is 27.0 Å². The van der Waals surface area contributed by atoms with Crippen molar-refractivity contribution in [2.45, 2.75) is 82.1 Å². The number of hydrogen-bond donors (Lipinski definition) is 2. The lowest BCUT2D eigenvalue weighted by atomic mass is 9.91. The van der Waals surface area contributed by atoms with Crippen LogP contribution in [0.25, 0.3) is 10.9 Å². The van der Waals surface area contributed by atoms with Gasteiger partial charge in [-0.1, -0.05) is 18.2 Å². The normalized spacial score (nSPS) is 17.2. The highest BCUT2D eigenvalue weighted by Crippen LogP contribution is 2.36. The summed E-state index contributed by atoms with van der Waals surface area (Å²) in [5.74, 6) is -0.501. The summed E-state index contributed by atoms with van der Waals surface area (Å²) in [6, 6.07) is 12.6. The molecule has 1 heterocycles. The Morgan fingerprint density at radius 3 is 2.31 bits per heavy atom.